The van der Waals surface area contributed by atoms with Crippen LogP contribution in [0, 0.1) is 0 Å². The third-order valence-corrected chi connectivity index (χ3v) is 3.17. The largest absolute Gasteiger partial charge is 0.465 e. The Morgan fingerprint density at radius 1 is 1.68 bits per heavy atom. The Kier molecular flexibility index (Phi) is 4.34. The Morgan fingerprint density at radius 3 is 3.16 bits per heavy atom. The second kappa shape index (κ2) is 5.99. The number of nitrogens with zero attached hydrogens (tertiary/aromatic N) is 2. The predicted molar refractivity (Wildman–Crippen MR) is 71.2 cm³/mol. The van der Waals surface area contributed by atoms with Crippen LogP contribution in [-0.2, 0) is 9.47 Å². The van der Waals surface area contributed by atoms with Gasteiger partial charge in [-0.2, -0.15) is 0 Å². The summed E-state index contributed by atoms with van der Waals surface area (Å²) < 4.78 is 10.3. The maximum absolute atomic E-state index is 11.5. The highest BCUT2D eigenvalue weighted by Gasteiger charge is 2.24. The number of morpholine rings is 1. The molecule has 1 aromatic rings. The number of carbonyl (C=O) groups excluding carboxylic acids is 1. The molecule has 1 saturated heterocycles. The van der Waals surface area contributed by atoms with Crippen LogP contribution in [0.5, 0.6) is 0 Å². The average molecular weight is 265 g/mol. The van der Waals surface area contributed by atoms with Crippen molar-refractivity contribution in [3.8, 4) is 0 Å². The number of ether oxygens (including phenoxy) is 2. The van der Waals surface area contributed by atoms with Crippen molar-refractivity contribution in [3.05, 3.63) is 23.9 Å². The fourth-order valence-electron chi connectivity index (χ4n) is 2.04. The molecule has 0 spiro atoms. The molecule has 1 fully saturated rings. The molecule has 1 aromatic heterocycles. The van der Waals surface area contributed by atoms with Crippen LogP contribution in [0.2, 0.25) is 0 Å². The highest BCUT2D eigenvalue weighted by atomic mass is 16.5. The van der Waals surface area contributed by atoms with Gasteiger partial charge in [0.2, 0.25) is 0 Å². The van der Waals surface area contributed by atoms with Crippen molar-refractivity contribution in [2.75, 3.05) is 31.7 Å². The number of anilines is 1. The summed E-state index contributed by atoms with van der Waals surface area (Å²) in [5.74, 6) is 0.387. The highest BCUT2D eigenvalue weighted by molar-refractivity contribution is 5.90. The summed E-state index contributed by atoms with van der Waals surface area (Å²) in [4.78, 5) is 17.9. The molecule has 104 valence electrons. The minimum atomic E-state index is -0.361. The second-order valence-corrected chi connectivity index (χ2v) is 4.61. The van der Waals surface area contributed by atoms with Crippen LogP contribution in [0.3, 0.4) is 0 Å². The van der Waals surface area contributed by atoms with Crippen molar-refractivity contribution >= 4 is 11.8 Å². The number of hydrogen-bond donors (Lipinski definition) is 1. The van der Waals surface area contributed by atoms with Gasteiger partial charge in [-0.3, -0.25) is 0 Å². The second-order valence-electron chi connectivity index (χ2n) is 4.61. The van der Waals surface area contributed by atoms with Gasteiger partial charge in [0.1, 0.15) is 5.82 Å². The smallest absolute Gasteiger partial charge is 0.338 e. The van der Waals surface area contributed by atoms with Crippen LogP contribution >= 0.6 is 0 Å². The van der Waals surface area contributed by atoms with Gasteiger partial charge in [0.25, 0.3) is 0 Å². The van der Waals surface area contributed by atoms with E-state index in [1.54, 1.807) is 18.3 Å². The lowest BCUT2D eigenvalue weighted by Crippen LogP contribution is -2.49. The van der Waals surface area contributed by atoms with Gasteiger partial charge in [-0.25, -0.2) is 9.78 Å². The minimum absolute atomic E-state index is 0.0164. The van der Waals surface area contributed by atoms with Gasteiger partial charge in [0.15, 0.2) is 0 Å². The number of hydrogen-bond acceptors (Lipinski definition) is 6. The molecule has 1 aliphatic heterocycles. The Hall–Kier alpha value is -1.66. The zero-order valence-electron chi connectivity index (χ0n) is 11.2. The van der Waals surface area contributed by atoms with E-state index in [1.165, 1.54) is 7.11 Å². The van der Waals surface area contributed by atoms with E-state index in [-0.39, 0.29) is 18.1 Å². The summed E-state index contributed by atoms with van der Waals surface area (Å²) in [7, 11) is 1.36. The number of methoxy groups -OCH3 is 1. The van der Waals surface area contributed by atoms with E-state index in [2.05, 4.69) is 9.88 Å². The SMILES string of the molecule is COC(=O)c1ccnc(N2CCOC(C(C)N)C2)c1. The molecule has 2 heterocycles. The Balaban J connectivity index is 2.15. The summed E-state index contributed by atoms with van der Waals surface area (Å²) in [6, 6.07) is 3.33. The van der Waals surface area contributed by atoms with Crippen LogP contribution in [0.15, 0.2) is 18.3 Å². The summed E-state index contributed by atoms with van der Waals surface area (Å²) in [5.41, 5.74) is 6.36. The lowest BCUT2D eigenvalue weighted by molar-refractivity contribution is 0.0273. The van der Waals surface area contributed by atoms with Gasteiger partial charge in [-0.05, 0) is 19.1 Å². The molecule has 0 radical (unpaired) electrons. The minimum Gasteiger partial charge on any atom is -0.465 e. The molecule has 0 amide bonds. The average Bonchev–Trinajstić information content (AvgIpc) is 2.46. The topological polar surface area (TPSA) is 77.7 Å². The van der Waals surface area contributed by atoms with E-state index in [1.807, 2.05) is 6.92 Å². The van der Waals surface area contributed by atoms with E-state index in [9.17, 15) is 4.79 Å². The standard InChI is InChI=1S/C13H19N3O3/c1-9(14)11-8-16(5-6-19-11)12-7-10(3-4-15-12)13(17)18-2/h3-4,7,9,11H,5-6,8,14H2,1-2H3. The lowest BCUT2D eigenvalue weighted by Gasteiger charge is -2.35. The zero-order valence-corrected chi connectivity index (χ0v) is 11.2. The summed E-state index contributed by atoms with van der Waals surface area (Å²) >= 11 is 0. The van der Waals surface area contributed by atoms with Gasteiger partial charge in [0, 0.05) is 25.3 Å². The van der Waals surface area contributed by atoms with Gasteiger partial charge in [0.05, 0.1) is 25.4 Å². The molecule has 6 heteroatoms. The molecule has 2 atom stereocenters. The maximum atomic E-state index is 11.5. The third-order valence-electron chi connectivity index (χ3n) is 3.17. The first kappa shape index (κ1) is 13.8. The lowest BCUT2D eigenvalue weighted by atomic mass is 10.1. The summed E-state index contributed by atoms with van der Waals surface area (Å²) in [6.07, 6.45) is 1.59. The third kappa shape index (κ3) is 3.21. The van der Waals surface area contributed by atoms with Crippen LogP contribution < -0.4 is 10.6 Å². The van der Waals surface area contributed by atoms with E-state index >= 15 is 0 Å². The first-order valence-electron chi connectivity index (χ1n) is 6.28. The van der Waals surface area contributed by atoms with Crippen LogP contribution in [0.1, 0.15) is 17.3 Å². The van der Waals surface area contributed by atoms with E-state index < -0.39 is 0 Å². The van der Waals surface area contributed by atoms with Crippen molar-refractivity contribution < 1.29 is 14.3 Å². The molecule has 2 unspecified atom stereocenters. The predicted octanol–water partition coefficient (Wildman–Crippen LogP) is 0.421. The van der Waals surface area contributed by atoms with Crippen molar-refractivity contribution in [1.82, 2.24) is 4.98 Å². The molecule has 19 heavy (non-hydrogen) atoms. The number of nitrogens with two attached hydrogens (primary N) is 1. The monoisotopic (exact) mass is 265 g/mol. The van der Waals surface area contributed by atoms with Gasteiger partial charge >= 0.3 is 5.97 Å². The quantitative estimate of drug-likeness (QED) is 0.798. The Labute approximate surface area is 112 Å². The molecule has 1 aliphatic rings. The molecule has 2 rings (SSSR count). The molecule has 0 saturated carbocycles. The number of pyridine rings is 1. The summed E-state index contributed by atoms with van der Waals surface area (Å²) in [5, 5.41) is 0. The molecule has 2 N–H and O–H groups in total. The van der Waals surface area contributed by atoms with Crippen LogP contribution in [0.25, 0.3) is 0 Å². The van der Waals surface area contributed by atoms with Crippen molar-refractivity contribution in [3.63, 3.8) is 0 Å². The first-order chi connectivity index (χ1) is 9.11. The number of carbonyl (C=O) groups is 1. The molecule has 0 bridgehead atoms. The Morgan fingerprint density at radius 2 is 2.47 bits per heavy atom. The zero-order chi connectivity index (χ0) is 13.8. The maximum Gasteiger partial charge on any atom is 0.338 e. The van der Waals surface area contributed by atoms with E-state index in [4.69, 9.17) is 15.2 Å². The summed E-state index contributed by atoms with van der Waals surface area (Å²) in [6.45, 7) is 3.94. The van der Waals surface area contributed by atoms with E-state index in [0.717, 1.165) is 12.4 Å². The molecule has 0 aromatic carbocycles. The van der Waals surface area contributed by atoms with E-state index in [0.29, 0.717) is 18.7 Å². The highest BCUT2D eigenvalue weighted by Crippen LogP contribution is 2.17. The fourth-order valence-corrected chi connectivity index (χ4v) is 2.04. The van der Waals surface area contributed by atoms with Crippen molar-refractivity contribution in [2.24, 2.45) is 5.73 Å². The van der Waals surface area contributed by atoms with Gasteiger partial charge in [-0.15, -0.1) is 0 Å². The van der Waals surface area contributed by atoms with Crippen molar-refractivity contribution in [1.29, 1.82) is 0 Å². The molecule has 0 aliphatic carbocycles. The van der Waals surface area contributed by atoms with Crippen molar-refractivity contribution in [2.45, 2.75) is 19.1 Å². The Bertz CT molecular complexity index is 451. The normalized spacial score (nSPS) is 21.0. The molecular formula is C13H19N3O3. The van der Waals surface area contributed by atoms with Gasteiger partial charge in [-0.1, -0.05) is 0 Å². The van der Waals surface area contributed by atoms with Crippen LogP contribution in [0.4, 0.5) is 5.82 Å². The number of esters is 1. The van der Waals surface area contributed by atoms with Gasteiger partial charge < -0.3 is 20.1 Å². The molecular weight excluding hydrogens is 246 g/mol. The number of rotatable bonds is 3. The van der Waals surface area contributed by atoms with Crippen LogP contribution in [-0.4, -0.2) is 49.9 Å². The fraction of sp³-hybridized carbons (Fsp3) is 0.538. The number of aromatic nitrogens is 1. The first-order valence-corrected chi connectivity index (χ1v) is 6.28. The molecule has 6 nitrogen and oxygen atoms in total.